The molecule has 1 unspecified atom stereocenters. The lowest BCUT2D eigenvalue weighted by Gasteiger charge is -2.46. The lowest BCUT2D eigenvalue weighted by atomic mass is 9.93. The second-order valence-corrected chi connectivity index (χ2v) is 7.75. The molecule has 0 radical (unpaired) electrons. The number of nitrogens with zero attached hydrogens (tertiary/aromatic N) is 5. The van der Waals surface area contributed by atoms with Crippen LogP contribution in [0.4, 0.5) is 0 Å². The molecule has 1 aromatic heterocycles. The Morgan fingerprint density at radius 3 is 2.82 bits per heavy atom. The van der Waals surface area contributed by atoms with Crippen molar-refractivity contribution in [1.82, 2.24) is 14.8 Å². The van der Waals surface area contributed by atoms with E-state index in [9.17, 15) is 10.1 Å². The molecule has 0 amide bonds. The average Bonchev–Trinajstić information content (AvgIpc) is 2.77. The van der Waals surface area contributed by atoms with Gasteiger partial charge in [-0.1, -0.05) is 32.4 Å². The van der Waals surface area contributed by atoms with Crippen molar-refractivity contribution < 1.29 is 9.77 Å². The summed E-state index contributed by atoms with van der Waals surface area (Å²) < 4.78 is 6.29. The molecule has 1 aliphatic rings. The molecule has 0 bridgehead atoms. The Labute approximate surface area is 137 Å². The van der Waals surface area contributed by atoms with Crippen LogP contribution < -0.4 is 0 Å². The third kappa shape index (κ3) is 3.84. The lowest BCUT2D eigenvalue weighted by molar-refractivity contribution is -0.487. The van der Waals surface area contributed by atoms with E-state index in [-0.39, 0.29) is 24.3 Å². The lowest BCUT2D eigenvalue weighted by Crippen LogP contribution is -2.59. The normalized spacial score (nSPS) is 21.5. The van der Waals surface area contributed by atoms with E-state index in [1.807, 2.05) is 20.8 Å². The summed E-state index contributed by atoms with van der Waals surface area (Å²) in [7, 11) is 1.70. The van der Waals surface area contributed by atoms with Crippen LogP contribution in [0.15, 0.2) is 11.3 Å². The zero-order valence-corrected chi connectivity index (χ0v) is 14.4. The Kier molecular flexibility index (Phi) is 4.88. The van der Waals surface area contributed by atoms with E-state index in [1.165, 1.54) is 11.3 Å². The van der Waals surface area contributed by atoms with Gasteiger partial charge >= 0.3 is 0 Å². The molecule has 1 fully saturated rings. The van der Waals surface area contributed by atoms with Crippen molar-refractivity contribution in [3.05, 3.63) is 25.7 Å². The highest BCUT2D eigenvalue weighted by molar-refractivity contribution is 7.15. The maximum Gasteiger partial charge on any atom is 0.277 e. The van der Waals surface area contributed by atoms with Crippen LogP contribution in [-0.2, 0) is 11.3 Å². The van der Waals surface area contributed by atoms with E-state index >= 15 is 0 Å². The van der Waals surface area contributed by atoms with E-state index in [1.54, 1.807) is 23.0 Å². The smallest absolute Gasteiger partial charge is 0.277 e. The molecule has 2 heterocycles. The maximum atomic E-state index is 10.9. The molecule has 1 atom stereocenters. The predicted molar refractivity (Wildman–Crippen MR) is 84.1 cm³/mol. The van der Waals surface area contributed by atoms with Crippen molar-refractivity contribution in [1.29, 1.82) is 0 Å². The van der Waals surface area contributed by atoms with Gasteiger partial charge in [0.25, 0.3) is 5.96 Å². The first kappa shape index (κ1) is 16.9. The predicted octanol–water partition coefficient (Wildman–Crippen LogP) is 2.44. The highest BCUT2D eigenvalue weighted by atomic mass is 35.5. The number of hydrogen-bond donors (Lipinski definition) is 0. The van der Waals surface area contributed by atoms with Gasteiger partial charge in [-0.05, 0) is 0 Å². The second kappa shape index (κ2) is 6.35. The first-order valence-corrected chi connectivity index (χ1v) is 7.80. The zero-order valence-electron chi connectivity index (χ0n) is 12.8. The van der Waals surface area contributed by atoms with E-state index < -0.39 is 5.03 Å². The summed E-state index contributed by atoms with van der Waals surface area (Å²) in [5.41, 5.74) is -0.243. The molecule has 1 aromatic rings. The highest BCUT2D eigenvalue weighted by Crippen LogP contribution is 2.31. The summed E-state index contributed by atoms with van der Waals surface area (Å²) >= 11 is 7.19. The van der Waals surface area contributed by atoms with Crippen LogP contribution in [0.25, 0.3) is 0 Å². The molecule has 0 aromatic carbocycles. The van der Waals surface area contributed by atoms with Gasteiger partial charge in [0.05, 0.1) is 6.54 Å². The van der Waals surface area contributed by atoms with Crippen LogP contribution in [0, 0.1) is 15.5 Å². The van der Waals surface area contributed by atoms with Crippen molar-refractivity contribution in [3.63, 3.8) is 0 Å². The van der Waals surface area contributed by atoms with Crippen molar-refractivity contribution in [2.75, 3.05) is 13.8 Å². The van der Waals surface area contributed by atoms with Gasteiger partial charge in [-0.2, -0.15) is 0 Å². The molecule has 0 N–H and O–H groups in total. The Morgan fingerprint density at radius 1 is 1.64 bits per heavy atom. The van der Waals surface area contributed by atoms with Crippen LogP contribution in [0.3, 0.4) is 0 Å². The molecule has 1 saturated heterocycles. The summed E-state index contributed by atoms with van der Waals surface area (Å²) in [5.74, 6) is 0.265. The molecule has 10 heteroatoms. The van der Waals surface area contributed by atoms with Crippen LogP contribution in [-0.4, -0.2) is 45.8 Å². The molecule has 122 valence electrons. The summed E-state index contributed by atoms with van der Waals surface area (Å²) in [6, 6.07) is 0. The molecular weight excluding hydrogens is 330 g/mol. The highest BCUT2D eigenvalue weighted by Gasteiger charge is 2.40. The van der Waals surface area contributed by atoms with Gasteiger partial charge in [-0.25, -0.2) is 15.1 Å². The SMILES string of the molecule is CN1COC(C(C)(C)C)N(Cc2cnc(Cl)s2)C1=N[N+](=O)[O-]. The number of hydrogen-bond acceptors (Lipinski definition) is 5. The van der Waals surface area contributed by atoms with E-state index in [0.717, 1.165) is 4.88 Å². The van der Waals surface area contributed by atoms with Gasteiger partial charge in [0.2, 0.25) is 0 Å². The van der Waals surface area contributed by atoms with E-state index in [2.05, 4.69) is 10.1 Å². The van der Waals surface area contributed by atoms with Crippen molar-refractivity contribution in [2.24, 2.45) is 10.5 Å². The average molecular weight is 348 g/mol. The standard InChI is InChI=1S/C12H18ClN5O3S/c1-12(2,3)9-17(6-8-5-14-10(13)22-8)11(15-18(19)20)16(4)7-21-9/h5,9H,6-7H2,1-4H3. The Morgan fingerprint density at radius 2 is 2.32 bits per heavy atom. The summed E-state index contributed by atoms with van der Waals surface area (Å²) in [6.45, 7) is 6.68. The molecular formula is C12H18ClN5O3S. The van der Waals surface area contributed by atoms with Gasteiger partial charge in [-0.15, -0.1) is 11.3 Å². The molecule has 0 spiro atoms. The fourth-order valence-corrected chi connectivity index (χ4v) is 3.23. The Balaban J connectivity index is 2.37. The minimum absolute atomic E-state index is 0.243. The van der Waals surface area contributed by atoms with E-state index in [4.69, 9.17) is 16.3 Å². The van der Waals surface area contributed by atoms with Gasteiger partial charge in [0.1, 0.15) is 18.1 Å². The molecule has 22 heavy (non-hydrogen) atoms. The van der Waals surface area contributed by atoms with Crippen molar-refractivity contribution in [3.8, 4) is 0 Å². The third-order valence-electron chi connectivity index (χ3n) is 3.07. The van der Waals surface area contributed by atoms with Crippen LogP contribution >= 0.6 is 22.9 Å². The molecule has 0 saturated carbocycles. The maximum absolute atomic E-state index is 10.9. The summed E-state index contributed by atoms with van der Waals surface area (Å²) in [6.07, 6.45) is 1.31. The van der Waals surface area contributed by atoms with Gasteiger partial charge in [-0.3, -0.25) is 0 Å². The molecule has 2 rings (SSSR count). The number of guanidine groups is 1. The zero-order chi connectivity index (χ0) is 16.5. The number of nitro groups is 1. The third-order valence-corrected chi connectivity index (χ3v) is 4.17. The molecule has 0 aliphatic carbocycles. The largest absolute Gasteiger partial charge is 0.337 e. The number of rotatable bonds is 3. The fraction of sp³-hybridized carbons (Fsp3) is 0.667. The Bertz CT molecular complexity index is 586. The fourth-order valence-electron chi connectivity index (χ4n) is 2.26. The van der Waals surface area contributed by atoms with Crippen LogP contribution in [0.1, 0.15) is 25.6 Å². The molecule has 8 nitrogen and oxygen atoms in total. The molecule has 1 aliphatic heterocycles. The van der Waals surface area contributed by atoms with Crippen LogP contribution in [0.2, 0.25) is 4.47 Å². The van der Waals surface area contributed by atoms with Gasteiger partial charge in [0, 0.05) is 23.5 Å². The first-order chi connectivity index (χ1) is 10.2. The topological polar surface area (TPSA) is 84.1 Å². The van der Waals surface area contributed by atoms with Crippen molar-refractivity contribution in [2.45, 2.75) is 33.5 Å². The quantitative estimate of drug-likeness (QED) is 0.616. The Hall–Kier alpha value is -1.45. The monoisotopic (exact) mass is 347 g/mol. The van der Waals surface area contributed by atoms with Crippen molar-refractivity contribution >= 4 is 28.9 Å². The minimum Gasteiger partial charge on any atom is -0.337 e. The number of aromatic nitrogens is 1. The van der Waals surface area contributed by atoms with Gasteiger partial charge < -0.3 is 14.5 Å². The summed E-state index contributed by atoms with van der Waals surface area (Å²) in [4.78, 5) is 19.1. The van der Waals surface area contributed by atoms with Gasteiger partial charge in [0.15, 0.2) is 9.50 Å². The number of ether oxygens (including phenoxy) is 1. The summed E-state index contributed by atoms with van der Waals surface area (Å²) in [5, 5.41) is 13.7. The minimum atomic E-state index is -0.691. The number of hydrazone groups is 1. The number of thiazole rings is 1. The second-order valence-electron chi connectivity index (χ2n) is 6.06. The van der Waals surface area contributed by atoms with E-state index in [0.29, 0.717) is 11.0 Å². The first-order valence-electron chi connectivity index (χ1n) is 6.61. The number of halogens is 1. The van der Waals surface area contributed by atoms with Crippen LogP contribution in [0.5, 0.6) is 0 Å².